The molecule has 0 spiro atoms. The van der Waals surface area contributed by atoms with Crippen LogP contribution in [0.4, 0.5) is 10.1 Å². The van der Waals surface area contributed by atoms with E-state index in [0.29, 0.717) is 18.4 Å². The standard InChI is InChI=1S/C15H19BFNO3/c1-9-13(21-15(2,3)20)6-7-18(14(9)19)12-5-4-10(16)8-11(12)17/h4-5,8-9,13,20H,6-7H2,1-3H3/t9-,13-/m0/s1. The van der Waals surface area contributed by atoms with Gasteiger partial charge in [-0.1, -0.05) is 18.5 Å². The predicted molar refractivity (Wildman–Crippen MR) is 79.1 cm³/mol. The predicted octanol–water partition coefficient (Wildman–Crippen LogP) is 1.11. The maximum absolute atomic E-state index is 14.0. The Morgan fingerprint density at radius 2 is 2.14 bits per heavy atom. The van der Waals surface area contributed by atoms with Crippen LogP contribution in [0.3, 0.4) is 0 Å². The Morgan fingerprint density at radius 3 is 2.71 bits per heavy atom. The number of carbonyl (C=O) groups is 1. The molecule has 0 aliphatic carbocycles. The zero-order chi connectivity index (χ0) is 15.8. The second kappa shape index (κ2) is 5.77. The van der Waals surface area contributed by atoms with Gasteiger partial charge >= 0.3 is 0 Å². The number of aliphatic hydroxyl groups is 1. The minimum atomic E-state index is -1.30. The van der Waals surface area contributed by atoms with Gasteiger partial charge in [-0.15, -0.1) is 0 Å². The van der Waals surface area contributed by atoms with Gasteiger partial charge in [0.25, 0.3) is 0 Å². The summed E-state index contributed by atoms with van der Waals surface area (Å²) in [7, 11) is 5.52. The molecule has 0 saturated carbocycles. The largest absolute Gasteiger partial charge is 0.366 e. The molecule has 1 heterocycles. The number of anilines is 1. The van der Waals surface area contributed by atoms with E-state index in [9.17, 15) is 14.3 Å². The lowest BCUT2D eigenvalue weighted by Gasteiger charge is -2.38. The fraction of sp³-hybridized carbons (Fsp3) is 0.533. The molecule has 2 atom stereocenters. The van der Waals surface area contributed by atoms with Gasteiger partial charge < -0.3 is 14.7 Å². The molecule has 2 radical (unpaired) electrons. The summed E-state index contributed by atoms with van der Waals surface area (Å²) < 4.78 is 19.4. The van der Waals surface area contributed by atoms with Crippen molar-refractivity contribution >= 4 is 24.9 Å². The molecule has 1 N–H and O–H groups in total. The highest BCUT2D eigenvalue weighted by atomic mass is 19.1. The molecule has 1 aliphatic heterocycles. The summed E-state index contributed by atoms with van der Waals surface area (Å²) in [6.07, 6.45) is 0.145. The Morgan fingerprint density at radius 1 is 1.48 bits per heavy atom. The Bertz CT molecular complexity index is 544. The van der Waals surface area contributed by atoms with E-state index in [0.717, 1.165) is 0 Å². The normalized spacial score (nSPS) is 23.5. The number of hydrogen-bond donors (Lipinski definition) is 1. The summed E-state index contributed by atoms with van der Waals surface area (Å²) in [6.45, 7) is 5.11. The fourth-order valence-electron chi connectivity index (χ4n) is 2.53. The highest BCUT2D eigenvalue weighted by Gasteiger charge is 2.37. The maximum Gasteiger partial charge on any atom is 0.232 e. The van der Waals surface area contributed by atoms with Gasteiger partial charge in [-0.2, -0.15) is 0 Å². The number of piperidine rings is 1. The molecular weight excluding hydrogens is 272 g/mol. The van der Waals surface area contributed by atoms with Gasteiger partial charge in [-0.05, 0) is 32.4 Å². The van der Waals surface area contributed by atoms with Gasteiger partial charge in [0.15, 0.2) is 5.79 Å². The van der Waals surface area contributed by atoms with Gasteiger partial charge in [-0.25, -0.2) is 4.39 Å². The fourth-order valence-corrected chi connectivity index (χ4v) is 2.53. The van der Waals surface area contributed by atoms with E-state index in [1.54, 1.807) is 13.0 Å². The van der Waals surface area contributed by atoms with Crippen molar-refractivity contribution < 1.29 is 19.0 Å². The van der Waals surface area contributed by atoms with Crippen LogP contribution in [0.1, 0.15) is 27.2 Å². The summed E-state index contributed by atoms with van der Waals surface area (Å²) in [5.74, 6) is -2.49. The Balaban J connectivity index is 2.18. The average Bonchev–Trinajstić information content (AvgIpc) is 2.35. The van der Waals surface area contributed by atoms with E-state index in [1.165, 1.54) is 30.9 Å². The zero-order valence-corrected chi connectivity index (χ0v) is 12.5. The summed E-state index contributed by atoms with van der Waals surface area (Å²) in [5.41, 5.74) is 0.541. The molecule has 2 rings (SSSR count). The molecule has 1 saturated heterocycles. The molecule has 1 aromatic carbocycles. The van der Waals surface area contributed by atoms with Gasteiger partial charge in [0, 0.05) is 6.54 Å². The number of hydrogen-bond acceptors (Lipinski definition) is 3. The summed E-state index contributed by atoms with van der Waals surface area (Å²) in [4.78, 5) is 13.8. The molecular formula is C15H19BFNO3. The maximum atomic E-state index is 14.0. The van der Waals surface area contributed by atoms with E-state index >= 15 is 0 Å². The smallest absolute Gasteiger partial charge is 0.232 e. The van der Waals surface area contributed by atoms with Crippen molar-refractivity contribution in [2.24, 2.45) is 5.92 Å². The van der Waals surface area contributed by atoms with Crippen LogP contribution in [0, 0.1) is 11.7 Å². The SMILES string of the molecule is [B]c1ccc(N2CC[C@H](OC(C)(C)O)[C@H](C)C2=O)c(F)c1. The van der Waals surface area contributed by atoms with Crippen LogP contribution in [0.25, 0.3) is 0 Å². The number of halogens is 1. The third-order valence-corrected chi connectivity index (χ3v) is 3.55. The molecule has 6 heteroatoms. The van der Waals surface area contributed by atoms with Crippen molar-refractivity contribution in [3.63, 3.8) is 0 Å². The monoisotopic (exact) mass is 291 g/mol. The average molecular weight is 291 g/mol. The summed E-state index contributed by atoms with van der Waals surface area (Å²) in [6, 6.07) is 4.27. The first-order valence-corrected chi connectivity index (χ1v) is 6.95. The van der Waals surface area contributed by atoms with E-state index in [-0.39, 0.29) is 17.7 Å². The minimum Gasteiger partial charge on any atom is -0.366 e. The first kappa shape index (κ1) is 16.0. The molecule has 1 fully saturated rings. The van der Waals surface area contributed by atoms with E-state index in [2.05, 4.69) is 0 Å². The lowest BCUT2D eigenvalue weighted by molar-refractivity contribution is -0.217. The first-order valence-electron chi connectivity index (χ1n) is 6.95. The van der Waals surface area contributed by atoms with Crippen LogP contribution in [0.15, 0.2) is 18.2 Å². The molecule has 1 amide bonds. The molecule has 112 valence electrons. The quantitative estimate of drug-likeness (QED) is 0.670. The second-order valence-electron chi connectivity index (χ2n) is 5.88. The van der Waals surface area contributed by atoms with Crippen LogP contribution in [-0.4, -0.2) is 37.3 Å². The molecule has 1 aromatic rings. The van der Waals surface area contributed by atoms with Crippen LogP contribution in [-0.2, 0) is 9.53 Å². The number of ether oxygens (including phenoxy) is 1. The van der Waals surface area contributed by atoms with E-state index in [1.807, 2.05) is 0 Å². The Kier molecular flexibility index (Phi) is 4.39. The lowest BCUT2D eigenvalue weighted by Crippen LogP contribution is -2.50. The molecule has 1 aliphatic rings. The van der Waals surface area contributed by atoms with Crippen molar-refractivity contribution in [3.05, 3.63) is 24.0 Å². The van der Waals surface area contributed by atoms with Gasteiger partial charge in [-0.3, -0.25) is 4.79 Å². The minimum absolute atomic E-state index is 0.223. The molecule has 0 aromatic heterocycles. The molecule has 4 nitrogen and oxygen atoms in total. The third kappa shape index (κ3) is 3.63. The Labute approximate surface area is 125 Å². The third-order valence-electron chi connectivity index (χ3n) is 3.55. The Hall–Kier alpha value is -1.40. The van der Waals surface area contributed by atoms with Gasteiger partial charge in [0.1, 0.15) is 13.7 Å². The van der Waals surface area contributed by atoms with Crippen molar-refractivity contribution in [1.29, 1.82) is 0 Å². The first-order chi connectivity index (χ1) is 9.69. The van der Waals surface area contributed by atoms with E-state index < -0.39 is 17.5 Å². The van der Waals surface area contributed by atoms with E-state index in [4.69, 9.17) is 12.6 Å². The number of carbonyl (C=O) groups excluding carboxylic acids is 1. The second-order valence-corrected chi connectivity index (χ2v) is 5.88. The van der Waals surface area contributed by atoms with Crippen LogP contribution in [0.2, 0.25) is 0 Å². The van der Waals surface area contributed by atoms with Crippen LogP contribution in [0.5, 0.6) is 0 Å². The zero-order valence-electron chi connectivity index (χ0n) is 12.5. The molecule has 0 bridgehead atoms. The van der Waals surface area contributed by atoms with Crippen molar-refractivity contribution in [2.45, 2.75) is 39.1 Å². The number of amides is 1. The molecule has 21 heavy (non-hydrogen) atoms. The van der Waals surface area contributed by atoms with Crippen LogP contribution < -0.4 is 10.4 Å². The lowest BCUT2D eigenvalue weighted by atomic mass is 9.93. The number of nitrogens with zero attached hydrogens (tertiary/aromatic N) is 1. The van der Waals surface area contributed by atoms with Crippen molar-refractivity contribution in [3.8, 4) is 0 Å². The van der Waals surface area contributed by atoms with Crippen molar-refractivity contribution in [1.82, 2.24) is 0 Å². The van der Waals surface area contributed by atoms with Crippen molar-refractivity contribution in [2.75, 3.05) is 11.4 Å². The topological polar surface area (TPSA) is 49.8 Å². The summed E-state index contributed by atoms with van der Waals surface area (Å²) >= 11 is 0. The molecule has 0 unspecified atom stereocenters. The van der Waals surface area contributed by atoms with Gasteiger partial charge in [0.2, 0.25) is 5.91 Å². The number of rotatable bonds is 3. The van der Waals surface area contributed by atoms with Gasteiger partial charge in [0.05, 0.1) is 17.7 Å². The van der Waals surface area contributed by atoms with Crippen LogP contribution >= 0.6 is 0 Å². The highest BCUT2D eigenvalue weighted by molar-refractivity contribution is 6.32. The summed E-state index contributed by atoms with van der Waals surface area (Å²) in [5, 5.41) is 9.71. The highest BCUT2D eigenvalue weighted by Crippen LogP contribution is 2.29. The number of benzene rings is 1.